The van der Waals surface area contributed by atoms with Gasteiger partial charge in [-0.1, -0.05) is 0 Å². The summed E-state index contributed by atoms with van der Waals surface area (Å²) >= 11 is 0. The summed E-state index contributed by atoms with van der Waals surface area (Å²) in [5.74, 6) is -3.82. The van der Waals surface area contributed by atoms with Crippen molar-refractivity contribution in [3.8, 4) is 0 Å². The van der Waals surface area contributed by atoms with Crippen LogP contribution in [0.5, 0.6) is 0 Å². The topological polar surface area (TPSA) is 85.1 Å². The van der Waals surface area contributed by atoms with Crippen molar-refractivity contribution >= 4 is 17.4 Å². The Bertz CT molecular complexity index is 553. The molecule has 1 aromatic rings. The number of rotatable bonds is 2. The molecule has 1 rings (SSSR count). The Morgan fingerprint density at radius 3 is 2.20 bits per heavy atom. The largest absolute Gasteiger partial charge is 0.471 e. The first kappa shape index (κ1) is 15.7. The molecule has 0 saturated heterocycles. The molecule has 1 amide bonds. The number of anilines is 1. The van der Waals surface area contributed by atoms with E-state index < -0.39 is 40.3 Å². The van der Waals surface area contributed by atoms with Crippen LogP contribution in [0.3, 0.4) is 0 Å². The van der Waals surface area contributed by atoms with Crippen molar-refractivity contribution in [2.45, 2.75) is 12.4 Å². The normalized spacial score (nSPS) is 12.1. The molecular weight excluding hydrogens is 300 g/mol. The quantitative estimate of drug-likeness (QED) is 0.517. The van der Waals surface area contributed by atoms with Gasteiger partial charge in [-0.2, -0.15) is 26.3 Å². The number of aromatic nitrogens is 1. The second kappa shape index (κ2) is 4.94. The second-order valence-electron chi connectivity index (χ2n) is 3.30. The van der Waals surface area contributed by atoms with E-state index in [4.69, 9.17) is 0 Å². The van der Waals surface area contributed by atoms with E-state index in [1.54, 1.807) is 0 Å². The van der Waals surface area contributed by atoms with E-state index in [1.165, 1.54) is 0 Å². The molecule has 0 atom stereocenters. The lowest BCUT2D eigenvalue weighted by molar-refractivity contribution is -0.384. The number of nitro groups is 1. The number of carbonyl (C=O) groups is 1. The zero-order chi connectivity index (χ0) is 15.7. The third kappa shape index (κ3) is 3.55. The summed E-state index contributed by atoms with van der Waals surface area (Å²) in [6.45, 7) is 0. The molecule has 110 valence electrons. The van der Waals surface area contributed by atoms with Gasteiger partial charge in [0, 0.05) is 12.3 Å². The van der Waals surface area contributed by atoms with Crippen molar-refractivity contribution in [1.82, 2.24) is 4.98 Å². The molecule has 0 aliphatic rings. The lowest BCUT2D eigenvalue weighted by Gasteiger charge is -2.10. The van der Waals surface area contributed by atoms with Gasteiger partial charge in [-0.25, -0.2) is 4.98 Å². The predicted molar refractivity (Wildman–Crippen MR) is 50.6 cm³/mol. The van der Waals surface area contributed by atoms with Gasteiger partial charge in [0.15, 0.2) is 0 Å². The SMILES string of the molecule is O=C(Nc1ncc(C(F)(F)F)cc1[N+](=O)[O-])C(F)(F)F. The van der Waals surface area contributed by atoms with Gasteiger partial charge in [0.2, 0.25) is 5.82 Å². The highest BCUT2D eigenvalue weighted by Gasteiger charge is 2.41. The molecule has 0 radical (unpaired) electrons. The number of halogens is 6. The van der Waals surface area contributed by atoms with Crippen molar-refractivity contribution in [1.29, 1.82) is 0 Å². The number of carbonyl (C=O) groups excluding carboxylic acids is 1. The Labute approximate surface area is 105 Å². The molecule has 12 heteroatoms. The zero-order valence-corrected chi connectivity index (χ0v) is 9.04. The second-order valence-corrected chi connectivity index (χ2v) is 3.30. The maximum atomic E-state index is 12.3. The number of nitrogens with one attached hydrogen (secondary N) is 1. The molecule has 1 N–H and O–H groups in total. The van der Waals surface area contributed by atoms with Crippen LogP contribution in [0.15, 0.2) is 12.3 Å². The van der Waals surface area contributed by atoms with E-state index in [0.717, 1.165) is 5.32 Å². The predicted octanol–water partition coefficient (Wildman–Crippen LogP) is 2.51. The number of pyridine rings is 1. The Balaban J connectivity index is 3.22. The summed E-state index contributed by atoms with van der Waals surface area (Å²) < 4.78 is 72.7. The summed E-state index contributed by atoms with van der Waals surface area (Å²) in [6, 6.07) is -0.0288. The fourth-order valence-electron chi connectivity index (χ4n) is 1.02. The van der Waals surface area contributed by atoms with E-state index in [0.29, 0.717) is 0 Å². The Hall–Kier alpha value is -2.40. The lowest BCUT2D eigenvalue weighted by Crippen LogP contribution is -2.30. The van der Waals surface area contributed by atoms with Crippen LogP contribution in [0.25, 0.3) is 0 Å². The third-order valence-electron chi connectivity index (χ3n) is 1.88. The van der Waals surface area contributed by atoms with Crippen molar-refractivity contribution < 1.29 is 36.1 Å². The van der Waals surface area contributed by atoms with Crippen LogP contribution in [0.1, 0.15) is 5.56 Å². The number of hydrogen-bond donors (Lipinski definition) is 1. The molecule has 0 spiro atoms. The molecule has 0 unspecified atom stereocenters. The van der Waals surface area contributed by atoms with E-state index in [9.17, 15) is 41.3 Å². The number of nitrogens with zero attached hydrogens (tertiary/aromatic N) is 2. The summed E-state index contributed by atoms with van der Waals surface area (Å²) in [7, 11) is 0. The minimum Gasteiger partial charge on any atom is -0.297 e. The van der Waals surface area contributed by atoms with Gasteiger partial charge in [-0.05, 0) is 0 Å². The van der Waals surface area contributed by atoms with Gasteiger partial charge in [-0.15, -0.1) is 0 Å². The van der Waals surface area contributed by atoms with E-state index in [1.807, 2.05) is 0 Å². The molecule has 1 aromatic heterocycles. The summed E-state index contributed by atoms with van der Waals surface area (Å²) in [4.78, 5) is 22.5. The maximum Gasteiger partial charge on any atom is 0.471 e. The number of amides is 1. The van der Waals surface area contributed by atoms with Crippen molar-refractivity contribution in [3.63, 3.8) is 0 Å². The van der Waals surface area contributed by atoms with Crippen LogP contribution < -0.4 is 5.32 Å². The van der Waals surface area contributed by atoms with Crippen LogP contribution in [-0.4, -0.2) is 22.0 Å². The average molecular weight is 303 g/mol. The minimum atomic E-state index is -5.36. The molecule has 0 bridgehead atoms. The molecule has 0 aliphatic carbocycles. The zero-order valence-electron chi connectivity index (χ0n) is 9.04. The molecule has 20 heavy (non-hydrogen) atoms. The molecule has 0 aromatic carbocycles. The van der Waals surface area contributed by atoms with Gasteiger partial charge >= 0.3 is 23.9 Å². The highest BCUT2D eigenvalue weighted by Crippen LogP contribution is 2.33. The van der Waals surface area contributed by atoms with Crippen LogP contribution >= 0.6 is 0 Å². The first-order valence-corrected chi connectivity index (χ1v) is 4.52. The van der Waals surface area contributed by atoms with E-state index >= 15 is 0 Å². The fourth-order valence-corrected chi connectivity index (χ4v) is 1.02. The first-order valence-electron chi connectivity index (χ1n) is 4.52. The van der Waals surface area contributed by atoms with Crippen molar-refractivity contribution in [2.24, 2.45) is 0 Å². The smallest absolute Gasteiger partial charge is 0.297 e. The Morgan fingerprint density at radius 2 is 1.80 bits per heavy atom. The number of alkyl halides is 6. The third-order valence-corrected chi connectivity index (χ3v) is 1.88. The van der Waals surface area contributed by atoms with Gasteiger partial charge in [-0.3, -0.25) is 20.2 Å². The molecule has 6 nitrogen and oxygen atoms in total. The average Bonchev–Trinajstić information content (AvgIpc) is 2.26. The lowest BCUT2D eigenvalue weighted by atomic mass is 10.2. The van der Waals surface area contributed by atoms with Crippen LogP contribution in [0.2, 0.25) is 0 Å². The Morgan fingerprint density at radius 1 is 1.25 bits per heavy atom. The minimum absolute atomic E-state index is 0.0288. The molecule has 0 saturated carbocycles. The van der Waals surface area contributed by atoms with Crippen LogP contribution in [0, 0.1) is 10.1 Å². The number of hydrogen-bond acceptors (Lipinski definition) is 4. The van der Waals surface area contributed by atoms with Crippen molar-refractivity contribution in [3.05, 3.63) is 27.9 Å². The van der Waals surface area contributed by atoms with Gasteiger partial charge in [0.1, 0.15) is 0 Å². The van der Waals surface area contributed by atoms with Crippen LogP contribution in [-0.2, 0) is 11.0 Å². The van der Waals surface area contributed by atoms with Crippen LogP contribution in [0.4, 0.5) is 37.8 Å². The highest BCUT2D eigenvalue weighted by atomic mass is 19.4. The van der Waals surface area contributed by atoms with Gasteiger partial charge < -0.3 is 0 Å². The summed E-state index contributed by atoms with van der Waals surface area (Å²) in [5, 5.41) is 11.5. The van der Waals surface area contributed by atoms with Gasteiger partial charge in [0.05, 0.1) is 10.5 Å². The molecule has 1 heterocycles. The monoisotopic (exact) mass is 303 g/mol. The van der Waals surface area contributed by atoms with E-state index in [2.05, 4.69) is 4.98 Å². The standard InChI is InChI=1S/C8H3F6N3O3/c9-7(10,11)3-1-4(17(19)20)5(15-2-3)16-6(18)8(12,13)14/h1-2H,(H,15,16,18). The first-order chi connectivity index (χ1) is 8.93. The molecule has 0 fully saturated rings. The maximum absolute atomic E-state index is 12.3. The molecular formula is C8H3F6N3O3. The summed E-state index contributed by atoms with van der Waals surface area (Å²) in [5.41, 5.74) is -2.94. The van der Waals surface area contributed by atoms with E-state index in [-0.39, 0.29) is 12.3 Å². The summed E-state index contributed by atoms with van der Waals surface area (Å²) in [6.07, 6.45) is -10.3. The van der Waals surface area contributed by atoms with Gasteiger partial charge in [0.25, 0.3) is 0 Å². The fraction of sp³-hybridized carbons (Fsp3) is 0.250. The van der Waals surface area contributed by atoms with Crippen molar-refractivity contribution in [2.75, 3.05) is 5.32 Å². The highest BCUT2D eigenvalue weighted by molar-refractivity contribution is 5.95. The Kier molecular flexibility index (Phi) is 3.87. The molecule has 0 aliphatic heterocycles.